The molecule has 7 atom stereocenters. The van der Waals surface area contributed by atoms with E-state index in [9.17, 15) is 107 Å². The molecule has 108 heavy (non-hydrogen) atoms. The van der Waals surface area contributed by atoms with Crippen molar-refractivity contribution in [3.8, 4) is 0 Å². The number of nitrogens with zero attached hydrogens (tertiary/aromatic N) is 6. The van der Waals surface area contributed by atoms with Crippen LogP contribution >= 0.6 is 23.7 Å². The molecule has 1 aliphatic rings. The van der Waals surface area contributed by atoms with E-state index in [1.165, 1.54) is 6.20 Å². The Balaban J connectivity index is 1.61. The van der Waals surface area contributed by atoms with Crippen LogP contribution in [-0.4, -0.2) is 293 Å². The zero-order chi connectivity index (χ0) is 81.1. The summed E-state index contributed by atoms with van der Waals surface area (Å²) in [6.07, 6.45) is -2.56. The minimum Gasteiger partial charge on any atom is -0.0625 e. The van der Waals surface area contributed by atoms with E-state index < -0.39 is 182 Å². The van der Waals surface area contributed by atoms with Gasteiger partial charge in [0.1, 0.15) is 18.1 Å². The van der Waals surface area contributed by atoms with E-state index in [1.807, 2.05) is 22.8 Å². The van der Waals surface area contributed by atoms with Crippen LogP contribution < -0.4 is 47.7 Å². The number of aromatic nitrogens is 3. The Labute approximate surface area is 628 Å². The first-order valence-electron chi connectivity index (χ1n) is 35.4. The minimum absolute atomic E-state index is 0.000372. The Bertz CT molecular complexity index is 3420. The van der Waals surface area contributed by atoms with E-state index in [0.717, 1.165) is 9.87 Å². The fraction of sp³-hybridized carbons (Fsp3) is 0.662. The van der Waals surface area contributed by atoms with Crippen LogP contribution in [0.25, 0.3) is 0 Å². The molecule has 43 heteroatoms. The summed E-state index contributed by atoms with van der Waals surface area (Å²) >= 11 is 0. The van der Waals surface area contributed by atoms with Crippen LogP contribution in [0.1, 0.15) is 154 Å². The number of aliphatic carboxylic acids is 7. The molecule has 3 rings (SSSR count). The molecule has 1 saturated heterocycles. The number of hydrogen-bond acceptors (Lipinski definition) is 22. The van der Waals surface area contributed by atoms with Crippen LogP contribution in [0, 0.1) is 0 Å². The molecule has 2 aromatic rings. The number of carboxylic acids is 7. The molecule has 608 valence electrons. The Morgan fingerprint density at radius 2 is 1.05 bits per heavy atom. The van der Waals surface area contributed by atoms with Crippen molar-refractivity contribution in [3.63, 3.8) is 0 Å². The van der Waals surface area contributed by atoms with Crippen LogP contribution in [0.2, 0.25) is 10.1 Å². The second-order valence-corrected chi connectivity index (χ2v) is 40.2. The summed E-state index contributed by atoms with van der Waals surface area (Å²) in [5.41, 5.74) is 0.401. The first-order chi connectivity index (χ1) is 50.4. The smallest absolute Gasteiger partial charge is 0.0405 e. The van der Waals surface area contributed by atoms with Gasteiger partial charge in [0.15, 0.2) is 0 Å². The molecule has 2 unspecified atom stereocenters. The third kappa shape index (κ3) is 38.2. The van der Waals surface area contributed by atoms with Crippen molar-refractivity contribution in [2.45, 2.75) is 178 Å². The summed E-state index contributed by atoms with van der Waals surface area (Å²) in [7, 11) is -9.44. The van der Waals surface area contributed by atoms with Crippen LogP contribution in [-0.2, 0) is 68.6 Å². The van der Waals surface area contributed by atoms with Crippen molar-refractivity contribution >= 4 is 121 Å². The van der Waals surface area contributed by atoms with Gasteiger partial charge in [-0.15, -0.1) is 0 Å². The SMILES string of the molecule is CC(C)(C)[SiH](c1ccc(C(=O)NC[C@@H](C(=O)N[C@@H](CCCCNC(=O)CCC(=O)NCCC[C@H](NC(=O)CC[C@H](NC(=O)N[C@@H](CCC(=O)O)C(=O)O)C(=O)O)C(=O)O)C(=O)O)n2cc(CNC(=O)CC[PH](O)(O)CN3CCN(CPCCC(=O)O)CCN(CP(=O)(O)CCC(=O)O)CC3)nn2)cc1)C(C)(C)C. The summed E-state index contributed by atoms with van der Waals surface area (Å²) in [4.78, 5) is 211. The molecule has 0 saturated carbocycles. The number of hydrogen-bond donors (Lipinski definition) is 18. The maximum absolute atomic E-state index is 14.2. The molecular formula is C65H109N14O25P3Si. The monoisotopic (exact) mass is 1610 g/mol. The Hall–Kier alpha value is -8.19. The minimum atomic E-state index is -4.17. The number of rotatable bonds is 49. The maximum atomic E-state index is 14.2. The Kier molecular flexibility index (Phi) is 40.3. The van der Waals surface area contributed by atoms with Gasteiger partial charge in [-0.1, -0.05) is 58.9 Å². The number of carbonyl (C=O) groups is 14. The molecular weight excluding hydrogens is 1500 g/mol. The Morgan fingerprint density at radius 1 is 0.556 bits per heavy atom. The summed E-state index contributed by atoms with van der Waals surface area (Å²) in [6.45, 7) is 14.5. The largest absolute Gasteiger partial charge is 0.0625 e. The molecule has 8 amide bonds. The van der Waals surface area contributed by atoms with Gasteiger partial charge in [0.25, 0.3) is 0 Å². The second kappa shape index (κ2) is 46.3. The predicted molar refractivity (Wildman–Crippen MR) is 398 cm³/mol. The van der Waals surface area contributed by atoms with Gasteiger partial charge in [0.05, 0.1) is 8.80 Å². The van der Waals surface area contributed by atoms with Gasteiger partial charge >= 0.3 is 316 Å². The molecule has 1 aliphatic heterocycles. The van der Waals surface area contributed by atoms with E-state index in [2.05, 4.69) is 88.7 Å². The quantitative estimate of drug-likeness (QED) is 0.0225. The van der Waals surface area contributed by atoms with Gasteiger partial charge < -0.3 is 52.1 Å². The average Bonchev–Trinajstić information content (AvgIpc) is 0.946. The van der Waals surface area contributed by atoms with Crippen molar-refractivity contribution in [3.05, 3.63) is 41.7 Å². The summed E-state index contributed by atoms with van der Waals surface area (Å²) in [6, 6.07) is -1.83. The second-order valence-electron chi connectivity index (χ2n) is 28.7. The van der Waals surface area contributed by atoms with Crippen molar-refractivity contribution in [1.82, 2.24) is 72.2 Å². The number of carboxylic acid groups (broad SMARTS) is 7. The number of benzene rings is 1. The molecule has 18 N–H and O–H groups in total. The summed E-state index contributed by atoms with van der Waals surface area (Å²) in [5.74, 6) is -13.6. The standard InChI is InChI=1S/C65H109N14O25P3Si/c1-64(2,3)108(65(4,5)6)44-14-12-42(13-15-44)57(90)69-37-49(79-38-43(74-75-79)36-68-52(82)23-34-106(101,102)40-77-29-27-76(39-105-33-22-55(86)87)28-30-78(32-31-77)41-107(103,104)35-24-56(88)89)58(91)71-46(60(94)95)10-7-8-25-66-50(80)19-20-51(81)67-26-9-11-45(59(92)93)70-53(83)18-16-47(61(96)97)72-63(100)73-48(62(98)99)17-21-54(84)85/h12-15,38,45-49,101-102,105-106,108H,7-11,16-37,39-41H2,1-6H3,(H,66,80)(H,67,81)(H,68,82)(H,69,90)(H,70,83)(H,71,91)(H,84,85)(H,86,87)(H,88,89)(H,92,93)(H,94,95)(H,96,97)(H,98,99)(H,103,104)(H2,72,73,100)/t45-,46-,47-,48-,49-/m0/s1. The molecule has 0 bridgehead atoms. The van der Waals surface area contributed by atoms with Gasteiger partial charge in [-0.3, -0.25) is 24.0 Å². The maximum Gasteiger partial charge on any atom is -0.0405 e. The van der Waals surface area contributed by atoms with Crippen molar-refractivity contribution in [2.24, 2.45) is 0 Å². The van der Waals surface area contributed by atoms with Gasteiger partial charge in [0, 0.05) is 44.3 Å². The zero-order valence-electron chi connectivity index (χ0n) is 61.8. The van der Waals surface area contributed by atoms with Gasteiger partial charge in [0.2, 0.25) is 17.7 Å². The van der Waals surface area contributed by atoms with Crippen molar-refractivity contribution in [2.75, 3.05) is 96.2 Å². The first-order valence-corrected chi connectivity index (χ1v) is 42.9. The molecule has 0 spiro atoms. The van der Waals surface area contributed by atoms with Crippen LogP contribution in [0.15, 0.2) is 30.5 Å². The molecule has 39 nitrogen and oxygen atoms in total. The molecule has 1 aromatic carbocycles. The molecule has 1 fully saturated rings. The van der Waals surface area contributed by atoms with Gasteiger partial charge in [-0.05, 0) is 67.2 Å². The molecule has 0 radical (unpaired) electrons. The van der Waals surface area contributed by atoms with E-state index in [1.54, 1.807) is 21.9 Å². The first kappa shape index (κ1) is 94.0. The summed E-state index contributed by atoms with van der Waals surface area (Å²) < 4.78 is 14.1. The topological polar surface area (TPSA) is 595 Å². The van der Waals surface area contributed by atoms with Gasteiger partial charge in [-0.25, -0.2) is 24.0 Å². The van der Waals surface area contributed by atoms with Gasteiger partial charge in [-0.2, -0.15) is 0 Å². The van der Waals surface area contributed by atoms with E-state index in [0.29, 0.717) is 38.6 Å². The van der Waals surface area contributed by atoms with E-state index in [-0.39, 0.29) is 139 Å². The number of amides is 8. The van der Waals surface area contributed by atoms with Crippen LogP contribution in [0.4, 0.5) is 4.79 Å². The Morgan fingerprint density at radius 3 is 1.58 bits per heavy atom. The van der Waals surface area contributed by atoms with Crippen LogP contribution in [0.5, 0.6) is 0 Å². The normalized spacial score (nSPS) is 15.6. The average molecular weight is 1610 g/mol. The number of urea groups is 1. The van der Waals surface area contributed by atoms with Crippen molar-refractivity contribution in [1.29, 1.82) is 0 Å². The fourth-order valence-corrected chi connectivity index (χ4v) is 21.9. The van der Waals surface area contributed by atoms with Crippen molar-refractivity contribution < 1.29 is 122 Å². The van der Waals surface area contributed by atoms with Crippen LogP contribution in [0.3, 0.4) is 0 Å². The molecule has 0 aliphatic carbocycles. The van der Waals surface area contributed by atoms with E-state index >= 15 is 0 Å². The zero-order valence-corrected chi connectivity index (χ0v) is 65.8. The predicted octanol–water partition coefficient (Wildman–Crippen LogP) is -0.503. The molecule has 1 aromatic heterocycles. The third-order valence-corrected chi connectivity index (χ3v) is 26.8. The fourth-order valence-electron chi connectivity index (χ4n) is 12.1. The number of nitrogens with one attached hydrogen (secondary N) is 8. The number of carbonyl (C=O) groups excluding carboxylic acids is 7. The summed E-state index contributed by atoms with van der Waals surface area (Å²) in [5, 5.41) is 94.3. The van der Waals surface area contributed by atoms with E-state index in [4.69, 9.17) is 15.3 Å². The molecule has 2 heterocycles. The third-order valence-electron chi connectivity index (χ3n) is 17.3. The number of unbranched alkanes of at least 4 members (excludes halogenated alkanes) is 1.